The third kappa shape index (κ3) is 3.12. The predicted octanol–water partition coefficient (Wildman–Crippen LogP) is 5.64. The van der Waals surface area contributed by atoms with Crippen LogP contribution in [0.5, 0.6) is 5.75 Å². The summed E-state index contributed by atoms with van der Waals surface area (Å²) < 4.78 is 5.74. The summed E-state index contributed by atoms with van der Waals surface area (Å²) in [6, 6.07) is 19.8. The van der Waals surface area contributed by atoms with Crippen molar-refractivity contribution in [3.8, 4) is 5.75 Å². The largest absolute Gasteiger partial charge is 0.493 e. The summed E-state index contributed by atoms with van der Waals surface area (Å²) in [5, 5.41) is 2.97. The zero-order valence-electron chi connectivity index (χ0n) is 12.3. The van der Waals surface area contributed by atoms with Gasteiger partial charge in [-0.05, 0) is 42.0 Å². The summed E-state index contributed by atoms with van der Waals surface area (Å²) in [5.74, 6) is 0.840. The summed E-state index contributed by atoms with van der Waals surface area (Å²) >= 11 is 6.00. The Balaban J connectivity index is 2.09. The molecule has 0 aliphatic carbocycles. The highest BCUT2D eigenvalue weighted by Gasteiger charge is 2.06. The first-order valence-corrected chi connectivity index (χ1v) is 7.60. The molecule has 22 heavy (non-hydrogen) atoms. The molecule has 3 heteroatoms. The van der Waals surface area contributed by atoms with E-state index in [0.29, 0.717) is 11.6 Å². The average Bonchev–Trinajstić information content (AvgIpc) is 2.54. The fourth-order valence-corrected chi connectivity index (χ4v) is 2.57. The lowest BCUT2D eigenvalue weighted by molar-refractivity contribution is 0.340. The normalized spacial score (nSPS) is 11.2. The molecule has 0 fully saturated rings. The van der Waals surface area contributed by atoms with E-state index < -0.39 is 0 Å². The maximum absolute atomic E-state index is 6.00. The molecule has 0 aliphatic rings. The first-order chi connectivity index (χ1) is 10.8. The molecule has 0 unspecified atom stereocenters. The Labute approximate surface area is 135 Å². The first-order valence-electron chi connectivity index (χ1n) is 7.22. The smallest absolute Gasteiger partial charge is 0.128 e. The Morgan fingerprint density at radius 3 is 2.73 bits per heavy atom. The molecular weight excluding hydrogens is 294 g/mol. The Morgan fingerprint density at radius 1 is 1.05 bits per heavy atom. The van der Waals surface area contributed by atoms with Gasteiger partial charge < -0.3 is 4.74 Å². The van der Waals surface area contributed by atoms with Crippen LogP contribution in [0.3, 0.4) is 0 Å². The molecule has 3 aromatic rings. The minimum atomic E-state index is 0.621. The minimum Gasteiger partial charge on any atom is -0.493 e. The third-order valence-electron chi connectivity index (χ3n) is 3.38. The lowest BCUT2D eigenvalue weighted by atomic mass is 10.0. The first kappa shape index (κ1) is 14.6. The molecule has 0 saturated heterocycles. The van der Waals surface area contributed by atoms with Gasteiger partial charge in [0.05, 0.1) is 12.3 Å². The SMILES string of the molecule is CCOc1ccc2ccccc2c1C=Nc1cccc(Cl)c1. The van der Waals surface area contributed by atoms with E-state index in [-0.39, 0.29) is 0 Å². The van der Waals surface area contributed by atoms with E-state index in [4.69, 9.17) is 16.3 Å². The van der Waals surface area contributed by atoms with E-state index in [1.165, 1.54) is 5.39 Å². The van der Waals surface area contributed by atoms with Crippen LogP contribution < -0.4 is 4.74 Å². The molecule has 0 spiro atoms. The lowest BCUT2D eigenvalue weighted by Crippen LogP contribution is -1.97. The number of rotatable bonds is 4. The fourth-order valence-electron chi connectivity index (χ4n) is 2.39. The van der Waals surface area contributed by atoms with Gasteiger partial charge in [-0.3, -0.25) is 4.99 Å². The van der Waals surface area contributed by atoms with E-state index in [0.717, 1.165) is 22.4 Å². The standard InChI is InChI=1S/C19H16ClNO/c1-2-22-19-11-10-14-6-3-4-9-17(14)18(19)13-21-16-8-5-7-15(20)12-16/h3-13H,2H2,1H3. The van der Waals surface area contributed by atoms with Gasteiger partial charge in [-0.2, -0.15) is 0 Å². The van der Waals surface area contributed by atoms with E-state index >= 15 is 0 Å². The van der Waals surface area contributed by atoms with E-state index in [2.05, 4.69) is 23.2 Å². The second-order valence-corrected chi connectivity index (χ2v) is 5.31. The second-order valence-electron chi connectivity index (χ2n) is 4.87. The number of halogens is 1. The molecule has 110 valence electrons. The predicted molar refractivity (Wildman–Crippen MR) is 93.8 cm³/mol. The molecule has 0 atom stereocenters. The van der Waals surface area contributed by atoms with Gasteiger partial charge >= 0.3 is 0 Å². The molecule has 0 saturated carbocycles. The van der Waals surface area contributed by atoms with Crippen molar-refractivity contribution in [2.75, 3.05) is 6.61 Å². The molecule has 0 aromatic heterocycles. The summed E-state index contributed by atoms with van der Waals surface area (Å²) in [4.78, 5) is 4.54. The Bertz CT molecular complexity index is 827. The van der Waals surface area contributed by atoms with Crippen molar-refractivity contribution in [2.45, 2.75) is 6.92 Å². The van der Waals surface area contributed by atoms with Crippen LogP contribution in [0.15, 0.2) is 65.7 Å². The van der Waals surface area contributed by atoms with Crippen LogP contribution >= 0.6 is 11.6 Å². The van der Waals surface area contributed by atoms with Crippen molar-refractivity contribution in [3.63, 3.8) is 0 Å². The molecule has 0 radical (unpaired) electrons. The number of aliphatic imine (C=N–C) groups is 1. The maximum Gasteiger partial charge on any atom is 0.128 e. The number of fused-ring (bicyclic) bond motifs is 1. The molecule has 0 heterocycles. The fraction of sp³-hybridized carbons (Fsp3) is 0.105. The van der Waals surface area contributed by atoms with Crippen LogP contribution in [0.2, 0.25) is 5.02 Å². The van der Waals surface area contributed by atoms with Crippen molar-refractivity contribution in [1.29, 1.82) is 0 Å². The van der Waals surface area contributed by atoms with Gasteiger partial charge in [0.1, 0.15) is 5.75 Å². The topological polar surface area (TPSA) is 21.6 Å². The van der Waals surface area contributed by atoms with E-state index in [9.17, 15) is 0 Å². The van der Waals surface area contributed by atoms with Gasteiger partial charge in [0.25, 0.3) is 0 Å². The molecule has 3 rings (SSSR count). The summed E-state index contributed by atoms with van der Waals surface area (Å²) in [5.41, 5.74) is 1.81. The molecule has 0 amide bonds. The van der Waals surface area contributed by atoms with Gasteiger partial charge in [0.2, 0.25) is 0 Å². The monoisotopic (exact) mass is 309 g/mol. The zero-order chi connectivity index (χ0) is 15.4. The van der Waals surface area contributed by atoms with Crippen LogP contribution in [0.1, 0.15) is 12.5 Å². The van der Waals surface area contributed by atoms with Gasteiger partial charge in [-0.15, -0.1) is 0 Å². The maximum atomic E-state index is 6.00. The minimum absolute atomic E-state index is 0.621. The van der Waals surface area contributed by atoms with E-state index in [1.54, 1.807) is 0 Å². The van der Waals surface area contributed by atoms with Gasteiger partial charge in [0.15, 0.2) is 0 Å². The highest BCUT2D eigenvalue weighted by Crippen LogP contribution is 2.27. The molecule has 0 bridgehead atoms. The molecule has 2 nitrogen and oxygen atoms in total. The van der Waals surface area contributed by atoms with Crippen LogP contribution in [0, 0.1) is 0 Å². The second kappa shape index (κ2) is 6.63. The van der Waals surface area contributed by atoms with Crippen LogP contribution in [-0.2, 0) is 0 Å². The van der Waals surface area contributed by atoms with Gasteiger partial charge in [-0.1, -0.05) is 48.0 Å². The van der Waals surface area contributed by atoms with Crippen molar-refractivity contribution >= 4 is 34.3 Å². The van der Waals surface area contributed by atoms with E-state index in [1.807, 2.05) is 55.6 Å². The highest BCUT2D eigenvalue weighted by atomic mass is 35.5. The Kier molecular flexibility index (Phi) is 4.40. The summed E-state index contributed by atoms with van der Waals surface area (Å²) in [7, 11) is 0. The van der Waals surface area contributed by atoms with Crippen molar-refractivity contribution < 1.29 is 4.74 Å². The molecule has 0 aliphatic heterocycles. The van der Waals surface area contributed by atoms with Gasteiger partial charge in [-0.25, -0.2) is 0 Å². The summed E-state index contributed by atoms with van der Waals surface area (Å²) in [6.07, 6.45) is 1.85. The quantitative estimate of drug-likeness (QED) is 0.571. The number of hydrogen-bond donors (Lipinski definition) is 0. The molecular formula is C19H16ClNO. The van der Waals surface area contributed by atoms with Crippen molar-refractivity contribution in [1.82, 2.24) is 0 Å². The van der Waals surface area contributed by atoms with Crippen LogP contribution in [0.4, 0.5) is 5.69 Å². The number of ether oxygens (including phenoxy) is 1. The highest BCUT2D eigenvalue weighted by molar-refractivity contribution is 6.30. The Hall–Kier alpha value is -2.32. The number of nitrogens with zero attached hydrogens (tertiary/aromatic N) is 1. The third-order valence-corrected chi connectivity index (χ3v) is 3.62. The van der Waals surface area contributed by atoms with Crippen LogP contribution in [-0.4, -0.2) is 12.8 Å². The zero-order valence-corrected chi connectivity index (χ0v) is 13.0. The lowest BCUT2D eigenvalue weighted by Gasteiger charge is -2.10. The van der Waals surface area contributed by atoms with Crippen molar-refractivity contribution in [2.24, 2.45) is 4.99 Å². The number of hydrogen-bond acceptors (Lipinski definition) is 2. The van der Waals surface area contributed by atoms with Crippen molar-refractivity contribution in [3.05, 3.63) is 71.2 Å². The Morgan fingerprint density at radius 2 is 1.91 bits per heavy atom. The van der Waals surface area contributed by atoms with Crippen LogP contribution in [0.25, 0.3) is 10.8 Å². The average molecular weight is 310 g/mol. The van der Waals surface area contributed by atoms with Gasteiger partial charge in [0, 0.05) is 16.8 Å². The molecule has 3 aromatic carbocycles. The number of benzene rings is 3. The summed E-state index contributed by atoms with van der Waals surface area (Å²) in [6.45, 7) is 2.60. The molecule has 0 N–H and O–H groups in total.